The van der Waals surface area contributed by atoms with Crippen LogP contribution in [-0.2, 0) is 14.6 Å². The van der Waals surface area contributed by atoms with Crippen molar-refractivity contribution in [3.8, 4) is 11.4 Å². The third-order valence-corrected chi connectivity index (χ3v) is 8.56. The Bertz CT molecular complexity index is 1190. The average Bonchev–Trinajstić information content (AvgIpc) is 3.24. The number of piperidine rings is 1. The predicted molar refractivity (Wildman–Crippen MR) is 126 cm³/mol. The highest BCUT2D eigenvalue weighted by Crippen LogP contribution is 2.32. The van der Waals surface area contributed by atoms with Crippen molar-refractivity contribution < 1.29 is 13.2 Å². The summed E-state index contributed by atoms with van der Waals surface area (Å²) in [7, 11) is -3.82. The van der Waals surface area contributed by atoms with Crippen LogP contribution in [0.5, 0.6) is 0 Å². The Hall–Kier alpha value is -2.58. The quantitative estimate of drug-likeness (QED) is 0.529. The van der Waals surface area contributed by atoms with Crippen LogP contribution in [0.3, 0.4) is 0 Å². The first-order chi connectivity index (χ1) is 15.4. The molecule has 1 aliphatic heterocycles. The molecule has 168 valence electrons. The molecule has 3 aromatic rings. The van der Waals surface area contributed by atoms with Crippen LogP contribution in [-0.4, -0.2) is 47.5 Å². The van der Waals surface area contributed by atoms with Crippen molar-refractivity contribution >= 4 is 27.5 Å². The monoisotopic (exact) mass is 469 g/mol. The second kappa shape index (κ2) is 9.50. The first-order valence-electron chi connectivity index (χ1n) is 10.8. The zero-order chi connectivity index (χ0) is 22.7. The number of hydrogen-bond acceptors (Lipinski definition) is 5. The Morgan fingerprint density at radius 2 is 1.84 bits per heavy atom. The number of rotatable bonds is 6. The van der Waals surface area contributed by atoms with Crippen LogP contribution in [0.1, 0.15) is 31.7 Å². The first kappa shape index (κ1) is 22.6. The highest BCUT2D eigenvalue weighted by molar-refractivity contribution is 8.00. The molecule has 2 heterocycles. The van der Waals surface area contributed by atoms with E-state index >= 15 is 0 Å². The van der Waals surface area contributed by atoms with Gasteiger partial charge in [0.25, 0.3) is 0 Å². The van der Waals surface area contributed by atoms with Crippen molar-refractivity contribution in [2.75, 3.05) is 12.3 Å². The molecule has 1 atom stereocenters. The van der Waals surface area contributed by atoms with Crippen LogP contribution < -0.4 is 0 Å². The summed E-state index contributed by atoms with van der Waals surface area (Å²) in [5.74, 6) is 0.641. The van der Waals surface area contributed by atoms with Crippen molar-refractivity contribution in [3.63, 3.8) is 0 Å². The molecule has 0 radical (unpaired) electrons. The lowest BCUT2D eigenvalue weighted by molar-refractivity contribution is -0.131. The summed E-state index contributed by atoms with van der Waals surface area (Å²) in [6, 6.07) is 16.3. The SMILES string of the molecule is Cc1ccc(S(=O)(=O)c2[nH]c(-c3ccccc3)nc2SCC(=O)N2CCCC[C@H]2C)cc1. The van der Waals surface area contributed by atoms with E-state index in [0.29, 0.717) is 10.9 Å². The van der Waals surface area contributed by atoms with Gasteiger partial charge in [-0.25, -0.2) is 13.4 Å². The van der Waals surface area contributed by atoms with Gasteiger partial charge in [0, 0.05) is 18.2 Å². The molecule has 1 N–H and O–H groups in total. The van der Waals surface area contributed by atoms with Gasteiger partial charge < -0.3 is 9.88 Å². The Labute approximate surface area is 193 Å². The molecule has 1 fully saturated rings. The van der Waals surface area contributed by atoms with E-state index in [1.165, 1.54) is 11.8 Å². The smallest absolute Gasteiger partial charge is 0.233 e. The molecule has 2 aromatic carbocycles. The highest BCUT2D eigenvalue weighted by Gasteiger charge is 2.28. The summed E-state index contributed by atoms with van der Waals surface area (Å²) in [5, 5.41) is 0.354. The minimum atomic E-state index is -3.82. The molecule has 8 heteroatoms. The van der Waals surface area contributed by atoms with Gasteiger partial charge >= 0.3 is 0 Å². The molecule has 0 saturated carbocycles. The van der Waals surface area contributed by atoms with E-state index in [4.69, 9.17) is 0 Å². The summed E-state index contributed by atoms with van der Waals surface area (Å²) in [5.41, 5.74) is 1.77. The normalized spacial score (nSPS) is 16.8. The predicted octanol–water partition coefficient (Wildman–Crippen LogP) is 4.71. The highest BCUT2D eigenvalue weighted by atomic mass is 32.2. The number of imidazole rings is 1. The number of carbonyl (C=O) groups is 1. The van der Waals surface area contributed by atoms with Crippen LogP contribution in [0.2, 0.25) is 0 Å². The van der Waals surface area contributed by atoms with E-state index in [2.05, 4.69) is 16.9 Å². The van der Waals surface area contributed by atoms with Gasteiger partial charge in [0.2, 0.25) is 15.7 Å². The Kier molecular flexibility index (Phi) is 6.71. The van der Waals surface area contributed by atoms with E-state index in [-0.39, 0.29) is 27.6 Å². The first-order valence-corrected chi connectivity index (χ1v) is 13.2. The number of carbonyl (C=O) groups excluding carboxylic acids is 1. The summed E-state index contributed by atoms with van der Waals surface area (Å²) >= 11 is 1.18. The molecular weight excluding hydrogens is 442 g/mol. The summed E-state index contributed by atoms with van der Waals surface area (Å²) in [6.07, 6.45) is 3.15. The van der Waals surface area contributed by atoms with Crippen molar-refractivity contribution in [3.05, 3.63) is 60.2 Å². The fourth-order valence-corrected chi connectivity index (χ4v) is 6.38. The van der Waals surface area contributed by atoms with E-state index in [1.807, 2.05) is 42.2 Å². The van der Waals surface area contributed by atoms with Crippen LogP contribution >= 0.6 is 11.8 Å². The number of aromatic amines is 1. The van der Waals surface area contributed by atoms with Gasteiger partial charge in [0.05, 0.1) is 10.6 Å². The van der Waals surface area contributed by atoms with Crippen LogP contribution in [0.4, 0.5) is 0 Å². The Balaban J connectivity index is 1.66. The van der Waals surface area contributed by atoms with Gasteiger partial charge in [-0.1, -0.05) is 59.8 Å². The number of benzene rings is 2. The van der Waals surface area contributed by atoms with Gasteiger partial charge in [-0.05, 0) is 45.2 Å². The minimum Gasteiger partial charge on any atom is -0.339 e. The molecule has 1 aliphatic rings. The number of aryl methyl sites for hydroxylation is 1. The molecule has 32 heavy (non-hydrogen) atoms. The van der Waals surface area contributed by atoms with E-state index in [9.17, 15) is 13.2 Å². The van der Waals surface area contributed by atoms with Gasteiger partial charge in [-0.15, -0.1) is 0 Å². The van der Waals surface area contributed by atoms with Gasteiger partial charge in [0.15, 0.2) is 5.03 Å². The molecule has 4 rings (SSSR count). The van der Waals surface area contributed by atoms with E-state index < -0.39 is 9.84 Å². The Morgan fingerprint density at radius 1 is 1.12 bits per heavy atom. The summed E-state index contributed by atoms with van der Waals surface area (Å²) < 4.78 is 26.9. The van der Waals surface area contributed by atoms with Gasteiger partial charge in [-0.3, -0.25) is 4.79 Å². The van der Waals surface area contributed by atoms with Crippen molar-refractivity contribution in [2.45, 2.75) is 54.1 Å². The van der Waals surface area contributed by atoms with Crippen molar-refractivity contribution in [1.82, 2.24) is 14.9 Å². The lowest BCUT2D eigenvalue weighted by atomic mass is 10.0. The molecule has 6 nitrogen and oxygen atoms in total. The van der Waals surface area contributed by atoms with Crippen LogP contribution in [0.25, 0.3) is 11.4 Å². The van der Waals surface area contributed by atoms with Crippen molar-refractivity contribution in [1.29, 1.82) is 0 Å². The lowest BCUT2D eigenvalue weighted by Crippen LogP contribution is -2.42. The zero-order valence-electron chi connectivity index (χ0n) is 18.2. The second-order valence-corrected chi connectivity index (χ2v) is 11.0. The topological polar surface area (TPSA) is 83.1 Å². The fourth-order valence-electron chi connectivity index (χ4n) is 3.87. The largest absolute Gasteiger partial charge is 0.339 e. The zero-order valence-corrected chi connectivity index (χ0v) is 19.9. The average molecular weight is 470 g/mol. The van der Waals surface area contributed by atoms with E-state index in [0.717, 1.165) is 36.9 Å². The van der Waals surface area contributed by atoms with Gasteiger partial charge in [0.1, 0.15) is 10.9 Å². The number of H-pyrrole nitrogens is 1. The maximum absolute atomic E-state index is 13.4. The maximum Gasteiger partial charge on any atom is 0.233 e. The number of nitrogens with one attached hydrogen (secondary N) is 1. The number of hydrogen-bond donors (Lipinski definition) is 1. The number of amides is 1. The minimum absolute atomic E-state index is 0.0187. The molecule has 0 unspecified atom stereocenters. The second-order valence-electron chi connectivity index (χ2n) is 8.12. The summed E-state index contributed by atoms with van der Waals surface area (Å²) in [4.78, 5) is 22.5. The number of sulfone groups is 1. The molecule has 1 aromatic heterocycles. The molecule has 0 spiro atoms. The van der Waals surface area contributed by atoms with Crippen LogP contribution in [0, 0.1) is 6.92 Å². The lowest BCUT2D eigenvalue weighted by Gasteiger charge is -2.33. The van der Waals surface area contributed by atoms with E-state index in [1.54, 1.807) is 24.3 Å². The standard InChI is InChI=1S/C24H27N3O3S2/c1-17-11-13-20(14-12-17)32(29,30)24-23(25-22(26-24)19-9-4-3-5-10-19)31-16-21(28)27-15-7-6-8-18(27)2/h3-5,9-14,18H,6-8,15-16H2,1-2H3,(H,25,26)/t18-/m1/s1. The molecule has 0 bridgehead atoms. The third kappa shape index (κ3) is 4.76. The maximum atomic E-state index is 13.4. The van der Waals surface area contributed by atoms with Crippen molar-refractivity contribution in [2.24, 2.45) is 0 Å². The molecular formula is C24H27N3O3S2. The summed E-state index contributed by atoms with van der Waals surface area (Å²) in [6.45, 7) is 4.73. The molecule has 0 aliphatic carbocycles. The number of aromatic nitrogens is 2. The Morgan fingerprint density at radius 3 is 2.53 bits per heavy atom. The molecule has 1 saturated heterocycles. The number of thioether (sulfide) groups is 1. The van der Waals surface area contributed by atoms with Crippen LogP contribution in [0.15, 0.2) is 69.5 Å². The third-order valence-electron chi connectivity index (χ3n) is 5.74. The number of likely N-dealkylation sites (tertiary alicyclic amines) is 1. The van der Waals surface area contributed by atoms with Gasteiger partial charge in [-0.2, -0.15) is 0 Å². The number of nitrogens with zero attached hydrogens (tertiary/aromatic N) is 2. The fraction of sp³-hybridized carbons (Fsp3) is 0.333. The molecule has 1 amide bonds.